The van der Waals surface area contributed by atoms with Crippen LogP contribution in [0.25, 0.3) is 0 Å². The maximum absolute atomic E-state index is 3.49. The van der Waals surface area contributed by atoms with E-state index >= 15 is 0 Å². The zero-order valence-corrected chi connectivity index (χ0v) is 9.15. The number of nitrogens with one attached hydrogen (secondary N) is 2. The predicted octanol–water partition coefficient (Wildman–Crippen LogP) is 1.82. The lowest BCUT2D eigenvalue weighted by atomic mass is 9.98. The molecule has 0 aliphatic rings. The first-order valence-electron chi connectivity index (χ1n) is 5.02. The van der Waals surface area contributed by atoms with Crippen molar-refractivity contribution in [1.82, 2.24) is 10.6 Å². The Balaban J connectivity index is 3.51. The van der Waals surface area contributed by atoms with Crippen molar-refractivity contribution in [1.29, 1.82) is 0 Å². The second-order valence-corrected chi connectivity index (χ2v) is 3.88. The molecule has 2 unspecified atom stereocenters. The molecule has 12 heavy (non-hydrogen) atoms. The second-order valence-electron chi connectivity index (χ2n) is 3.88. The van der Waals surface area contributed by atoms with E-state index < -0.39 is 0 Å². The minimum atomic E-state index is 0.478. The van der Waals surface area contributed by atoms with Crippen LogP contribution >= 0.6 is 0 Å². The minimum Gasteiger partial charge on any atom is -0.305 e. The smallest absolute Gasteiger partial charge is 0.0566 e. The summed E-state index contributed by atoms with van der Waals surface area (Å²) in [4.78, 5) is 0. The molecule has 0 saturated carbocycles. The van der Waals surface area contributed by atoms with Gasteiger partial charge in [-0.25, -0.2) is 0 Å². The van der Waals surface area contributed by atoms with Gasteiger partial charge in [0.2, 0.25) is 0 Å². The zero-order chi connectivity index (χ0) is 9.56. The Morgan fingerprint density at radius 2 is 1.75 bits per heavy atom. The standard InChI is InChI=1S/C10H24N2/c1-6-10(11-5)12-7-9(4)8(2)3/h8-12H,6-7H2,1-5H3. The maximum Gasteiger partial charge on any atom is 0.0566 e. The van der Waals surface area contributed by atoms with Gasteiger partial charge in [0.25, 0.3) is 0 Å². The summed E-state index contributed by atoms with van der Waals surface area (Å²) in [6.07, 6.45) is 1.62. The van der Waals surface area contributed by atoms with E-state index in [2.05, 4.69) is 38.3 Å². The first kappa shape index (κ1) is 11.9. The molecule has 0 aromatic carbocycles. The minimum absolute atomic E-state index is 0.478. The number of hydrogen-bond acceptors (Lipinski definition) is 2. The molecule has 0 amide bonds. The monoisotopic (exact) mass is 172 g/mol. The first-order chi connectivity index (χ1) is 5.61. The largest absolute Gasteiger partial charge is 0.305 e. The molecular weight excluding hydrogens is 148 g/mol. The quantitative estimate of drug-likeness (QED) is 0.597. The fraction of sp³-hybridized carbons (Fsp3) is 1.00. The summed E-state index contributed by atoms with van der Waals surface area (Å²) in [7, 11) is 2.00. The Morgan fingerprint density at radius 3 is 2.08 bits per heavy atom. The van der Waals surface area contributed by atoms with E-state index in [0.717, 1.165) is 24.8 Å². The van der Waals surface area contributed by atoms with Gasteiger partial charge in [-0.05, 0) is 31.8 Å². The van der Waals surface area contributed by atoms with Crippen LogP contribution in [0, 0.1) is 11.8 Å². The van der Waals surface area contributed by atoms with Crippen LogP contribution in [0.4, 0.5) is 0 Å². The average molecular weight is 172 g/mol. The fourth-order valence-electron chi connectivity index (χ4n) is 1.01. The van der Waals surface area contributed by atoms with Crippen molar-refractivity contribution in [3.63, 3.8) is 0 Å². The van der Waals surface area contributed by atoms with Crippen LogP contribution in [0.3, 0.4) is 0 Å². The van der Waals surface area contributed by atoms with E-state index in [4.69, 9.17) is 0 Å². The highest BCUT2D eigenvalue weighted by atomic mass is 15.1. The molecule has 2 heteroatoms. The van der Waals surface area contributed by atoms with Gasteiger partial charge in [-0.15, -0.1) is 0 Å². The van der Waals surface area contributed by atoms with E-state index in [-0.39, 0.29) is 0 Å². The molecule has 0 rings (SSSR count). The van der Waals surface area contributed by atoms with Crippen LogP contribution in [-0.2, 0) is 0 Å². The molecule has 2 nitrogen and oxygen atoms in total. The van der Waals surface area contributed by atoms with Gasteiger partial charge in [0.15, 0.2) is 0 Å². The maximum atomic E-state index is 3.49. The van der Waals surface area contributed by atoms with Gasteiger partial charge in [0.05, 0.1) is 6.17 Å². The second kappa shape index (κ2) is 6.44. The van der Waals surface area contributed by atoms with E-state index in [9.17, 15) is 0 Å². The highest BCUT2D eigenvalue weighted by Crippen LogP contribution is 2.07. The molecule has 74 valence electrons. The van der Waals surface area contributed by atoms with Crippen molar-refractivity contribution in [2.75, 3.05) is 13.6 Å². The Hall–Kier alpha value is -0.0800. The Morgan fingerprint density at radius 1 is 1.17 bits per heavy atom. The number of hydrogen-bond donors (Lipinski definition) is 2. The third-order valence-electron chi connectivity index (χ3n) is 2.58. The Bertz CT molecular complexity index is 96.0. The molecular formula is C10H24N2. The molecule has 0 aromatic heterocycles. The van der Waals surface area contributed by atoms with Gasteiger partial charge in [0, 0.05) is 0 Å². The summed E-state index contributed by atoms with van der Waals surface area (Å²) in [5.41, 5.74) is 0. The van der Waals surface area contributed by atoms with Gasteiger partial charge < -0.3 is 10.6 Å². The molecule has 0 aliphatic carbocycles. The summed E-state index contributed by atoms with van der Waals surface area (Å²) in [5.74, 6) is 1.53. The summed E-state index contributed by atoms with van der Waals surface area (Å²) in [5, 5.41) is 6.72. The zero-order valence-electron chi connectivity index (χ0n) is 9.15. The van der Waals surface area contributed by atoms with E-state index in [1.807, 2.05) is 7.05 Å². The average Bonchev–Trinajstić information content (AvgIpc) is 2.05. The normalized spacial score (nSPS) is 16.5. The van der Waals surface area contributed by atoms with Crippen molar-refractivity contribution >= 4 is 0 Å². The topological polar surface area (TPSA) is 24.1 Å². The first-order valence-corrected chi connectivity index (χ1v) is 5.02. The highest BCUT2D eigenvalue weighted by molar-refractivity contribution is 4.65. The van der Waals surface area contributed by atoms with E-state index in [0.29, 0.717) is 6.17 Å². The molecule has 0 fully saturated rings. The molecule has 0 aromatic rings. The van der Waals surface area contributed by atoms with Crippen LogP contribution in [0.15, 0.2) is 0 Å². The summed E-state index contributed by atoms with van der Waals surface area (Å²) in [6.45, 7) is 10.1. The lowest BCUT2D eigenvalue weighted by Crippen LogP contribution is -2.42. The molecule has 2 atom stereocenters. The van der Waals surface area contributed by atoms with Crippen LogP contribution in [-0.4, -0.2) is 19.8 Å². The van der Waals surface area contributed by atoms with Crippen molar-refractivity contribution in [2.45, 2.75) is 40.3 Å². The van der Waals surface area contributed by atoms with Crippen molar-refractivity contribution in [3.8, 4) is 0 Å². The molecule has 2 N–H and O–H groups in total. The van der Waals surface area contributed by atoms with E-state index in [1.165, 1.54) is 0 Å². The molecule has 0 heterocycles. The molecule has 0 radical (unpaired) electrons. The highest BCUT2D eigenvalue weighted by Gasteiger charge is 2.08. The fourth-order valence-corrected chi connectivity index (χ4v) is 1.01. The molecule has 0 aliphatic heterocycles. The Kier molecular flexibility index (Phi) is 6.39. The van der Waals surface area contributed by atoms with Crippen LogP contribution in [0.2, 0.25) is 0 Å². The van der Waals surface area contributed by atoms with Gasteiger partial charge >= 0.3 is 0 Å². The van der Waals surface area contributed by atoms with Crippen molar-refractivity contribution in [3.05, 3.63) is 0 Å². The lowest BCUT2D eigenvalue weighted by Gasteiger charge is -2.21. The number of rotatable bonds is 6. The predicted molar refractivity (Wildman–Crippen MR) is 55.1 cm³/mol. The Labute approximate surface area is 77.1 Å². The van der Waals surface area contributed by atoms with Crippen molar-refractivity contribution in [2.24, 2.45) is 11.8 Å². The van der Waals surface area contributed by atoms with Gasteiger partial charge in [-0.3, -0.25) is 0 Å². The third kappa shape index (κ3) is 4.73. The van der Waals surface area contributed by atoms with Crippen molar-refractivity contribution < 1.29 is 0 Å². The molecule has 0 bridgehead atoms. The van der Waals surface area contributed by atoms with Gasteiger partial charge in [-0.1, -0.05) is 27.7 Å². The van der Waals surface area contributed by atoms with Gasteiger partial charge in [0.1, 0.15) is 0 Å². The lowest BCUT2D eigenvalue weighted by molar-refractivity contribution is 0.346. The van der Waals surface area contributed by atoms with Crippen LogP contribution < -0.4 is 10.6 Å². The summed E-state index contributed by atoms with van der Waals surface area (Å²) < 4.78 is 0. The molecule has 0 saturated heterocycles. The van der Waals surface area contributed by atoms with Crippen LogP contribution in [0.1, 0.15) is 34.1 Å². The van der Waals surface area contributed by atoms with Gasteiger partial charge in [-0.2, -0.15) is 0 Å². The molecule has 0 spiro atoms. The van der Waals surface area contributed by atoms with Crippen LogP contribution in [0.5, 0.6) is 0 Å². The SMILES string of the molecule is CCC(NC)NCC(C)C(C)C. The summed E-state index contributed by atoms with van der Waals surface area (Å²) >= 11 is 0. The van der Waals surface area contributed by atoms with E-state index in [1.54, 1.807) is 0 Å². The third-order valence-corrected chi connectivity index (χ3v) is 2.58. The summed E-state index contributed by atoms with van der Waals surface area (Å²) in [6, 6.07) is 0.